The van der Waals surface area contributed by atoms with Crippen LogP contribution in [0.25, 0.3) is 0 Å². The summed E-state index contributed by atoms with van der Waals surface area (Å²) in [6.07, 6.45) is -0.836. The van der Waals surface area contributed by atoms with Gasteiger partial charge in [0.1, 0.15) is 0 Å². The molecule has 0 saturated carbocycles. The topological polar surface area (TPSA) is 52.6 Å². The number of amides is 2. The molecule has 1 saturated heterocycles. The van der Waals surface area contributed by atoms with E-state index in [9.17, 15) is 9.90 Å². The van der Waals surface area contributed by atoms with E-state index in [-0.39, 0.29) is 6.03 Å². The Balaban J connectivity index is 1.74. The molecule has 1 aliphatic rings. The van der Waals surface area contributed by atoms with Crippen LogP contribution in [0.4, 0.5) is 4.79 Å². The fourth-order valence-electron chi connectivity index (χ4n) is 2.76. The molecule has 126 valence electrons. The molecule has 4 nitrogen and oxygen atoms in total. The lowest BCUT2D eigenvalue weighted by Gasteiger charge is -2.26. The fraction of sp³-hybridized carbons (Fsp3) is 0.316. The Morgan fingerprint density at radius 1 is 1.12 bits per heavy atom. The molecule has 0 spiro atoms. The number of nitrogens with zero attached hydrogens (tertiary/aromatic N) is 1. The Morgan fingerprint density at radius 2 is 1.79 bits per heavy atom. The van der Waals surface area contributed by atoms with Crippen LogP contribution in [0, 0.1) is 0 Å². The predicted molar refractivity (Wildman–Crippen MR) is 96.6 cm³/mol. The maximum absolute atomic E-state index is 12.1. The lowest BCUT2D eigenvalue weighted by Crippen LogP contribution is -2.44. The monoisotopic (exact) mass is 342 g/mol. The zero-order chi connectivity index (χ0) is 17.2. The summed E-state index contributed by atoms with van der Waals surface area (Å²) in [7, 11) is 0. The van der Waals surface area contributed by atoms with E-state index in [0.29, 0.717) is 6.54 Å². The van der Waals surface area contributed by atoms with Gasteiger partial charge in [0.15, 0.2) is 6.23 Å². The van der Waals surface area contributed by atoms with E-state index in [1.54, 1.807) is 11.8 Å². The third-order valence-corrected chi connectivity index (χ3v) is 5.37. The molecule has 0 bridgehead atoms. The Hall–Kier alpha value is -1.98. The first-order valence-corrected chi connectivity index (χ1v) is 8.97. The fourth-order valence-corrected chi connectivity index (χ4v) is 3.77. The second kappa shape index (κ2) is 6.87. The van der Waals surface area contributed by atoms with Crippen molar-refractivity contribution in [3.05, 3.63) is 65.7 Å². The summed E-state index contributed by atoms with van der Waals surface area (Å²) in [6, 6.07) is 18.1. The van der Waals surface area contributed by atoms with E-state index in [4.69, 9.17) is 0 Å². The van der Waals surface area contributed by atoms with Crippen molar-refractivity contribution >= 4 is 17.8 Å². The molecule has 0 aliphatic carbocycles. The lowest BCUT2D eigenvalue weighted by atomic mass is 10.1. The van der Waals surface area contributed by atoms with E-state index in [1.165, 1.54) is 10.5 Å². The third-order valence-electron chi connectivity index (χ3n) is 4.18. The largest absolute Gasteiger partial charge is 0.371 e. The van der Waals surface area contributed by atoms with Gasteiger partial charge in [-0.2, -0.15) is 0 Å². The number of carbonyl (C=O) groups is 1. The maximum Gasteiger partial charge on any atom is 0.320 e. The first-order valence-electron chi connectivity index (χ1n) is 7.99. The van der Waals surface area contributed by atoms with Crippen LogP contribution in [-0.4, -0.2) is 27.8 Å². The van der Waals surface area contributed by atoms with Crippen LogP contribution in [0.5, 0.6) is 0 Å². The number of hydrogen-bond donors (Lipinski definition) is 2. The van der Waals surface area contributed by atoms with Crippen LogP contribution in [0.1, 0.15) is 25.0 Å². The molecule has 5 heteroatoms. The molecule has 3 rings (SSSR count). The van der Waals surface area contributed by atoms with Gasteiger partial charge in [-0.15, -0.1) is 11.8 Å². The maximum atomic E-state index is 12.1. The van der Waals surface area contributed by atoms with Crippen molar-refractivity contribution in [2.24, 2.45) is 0 Å². The van der Waals surface area contributed by atoms with Crippen molar-refractivity contribution in [3.63, 3.8) is 0 Å². The molecular formula is C19H22N2O2S. The highest BCUT2D eigenvalue weighted by atomic mass is 32.2. The Morgan fingerprint density at radius 3 is 2.46 bits per heavy atom. The van der Waals surface area contributed by atoms with Crippen LogP contribution in [-0.2, 0) is 12.3 Å². The predicted octanol–water partition coefficient (Wildman–Crippen LogP) is 3.60. The van der Waals surface area contributed by atoms with Gasteiger partial charge in [0.05, 0.1) is 12.1 Å². The summed E-state index contributed by atoms with van der Waals surface area (Å²) >= 11 is 1.75. The minimum Gasteiger partial charge on any atom is -0.371 e. The quantitative estimate of drug-likeness (QED) is 0.816. The summed E-state index contributed by atoms with van der Waals surface area (Å²) in [4.78, 5) is 14.8. The van der Waals surface area contributed by atoms with E-state index in [0.717, 1.165) is 16.2 Å². The van der Waals surface area contributed by atoms with E-state index in [1.807, 2.05) is 50.2 Å². The molecule has 2 N–H and O–H groups in total. The van der Waals surface area contributed by atoms with E-state index in [2.05, 4.69) is 23.5 Å². The van der Waals surface area contributed by atoms with Crippen molar-refractivity contribution in [2.75, 3.05) is 0 Å². The number of urea groups is 1. The highest BCUT2D eigenvalue weighted by Crippen LogP contribution is 2.30. The van der Waals surface area contributed by atoms with Gasteiger partial charge < -0.3 is 10.4 Å². The molecule has 0 radical (unpaired) electrons. The average molecular weight is 342 g/mol. The van der Waals surface area contributed by atoms with Crippen LogP contribution in [0.15, 0.2) is 59.5 Å². The third kappa shape index (κ3) is 3.57. The SMILES string of the molecule is CC1(C)NC(=O)N(Cc2ccccc2SCc2ccccc2)C1O. The molecule has 24 heavy (non-hydrogen) atoms. The second-order valence-corrected chi connectivity index (χ2v) is 7.55. The highest BCUT2D eigenvalue weighted by Gasteiger charge is 2.44. The standard InChI is InChI=1S/C19H22N2O2S/c1-19(2)17(22)21(18(23)20-19)12-15-10-6-7-11-16(15)24-13-14-8-4-3-5-9-14/h3-11,17,22H,12-13H2,1-2H3,(H,20,23). The molecule has 2 aromatic rings. The van der Waals surface area contributed by atoms with E-state index < -0.39 is 11.8 Å². The van der Waals surface area contributed by atoms with Crippen molar-refractivity contribution in [2.45, 2.75) is 42.8 Å². The highest BCUT2D eigenvalue weighted by molar-refractivity contribution is 7.98. The summed E-state index contributed by atoms with van der Waals surface area (Å²) in [5, 5.41) is 13.2. The number of carbonyl (C=O) groups excluding carboxylic acids is 1. The summed E-state index contributed by atoms with van der Waals surface area (Å²) in [5.74, 6) is 0.873. The van der Waals surface area contributed by atoms with Gasteiger partial charge in [-0.1, -0.05) is 48.5 Å². The normalized spacial score (nSPS) is 19.4. The van der Waals surface area contributed by atoms with Crippen LogP contribution < -0.4 is 5.32 Å². The zero-order valence-corrected chi connectivity index (χ0v) is 14.7. The number of hydrogen-bond acceptors (Lipinski definition) is 3. The van der Waals surface area contributed by atoms with Crippen LogP contribution >= 0.6 is 11.8 Å². The average Bonchev–Trinajstić information content (AvgIpc) is 2.77. The molecule has 1 heterocycles. The second-order valence-electron chi connectivity index (χ2n) is 6.54. The van der Waals surface area contributed by atoms with Gasteiger partial charge >= 0.3 is 6.03 Å². The van der Waals surface area contributed by atoms with Crippen molar-refractivity contribution < 1.29 is 9.90 Å². The molecule has 2 amide bonds. The van der Waals surface area contributed by atoms with Crippen LogP contribution in [0.3, 0.4) is 0 Å². The lowest BCUT2D eigenvalue weighted by molar-refractivity contribution is 0.0104. The minimum absolute atomic E-state index is 0.227. The Bertz CT molecular complexity index is 718. The molecule has 1 fully saturated rings. The zero-order valence-electron chi connectivity index (χ0n) is 13.9. The minimum atomic E-state index is -0.836. The first-order chi connectivity index (χ1) is 11.5. The van der Waals surface area contributed by atoms with Gasteiger partial charge in [-0.05, 0) is 31.0 Å². The molecule has 1 atom stereocenters. The number of benzene rings is 2. The number of thioether (sulfide) groups is 1. The Labute approximate surface area is 146 Å². The van der Waals surface area contributed by atoms with Gasteiger partial charge in [0, 0.05) is 10.6 Å². The molecular weight excluding hydrogens is 320 g/mol. The summed E-state index contributed by atoms with van der Waals surface area (Å²) in [5.41, 5.74) is 1.67. The van der Waals surface area contributed by atoms with Crippen molar-refractivity contribution in [1.29, 1.82) is 0 Å². The molecule has 2 aromatic carbocycles. The van der Waals surface area contributed by atoms with Crippen molar-refractivity contribution in [3.8, 4) is 0 Å². The van der Waals surface area contributed by atoms with Gasteiger partial charge in [-0.3, -0.25) is 4.90 Å². The van der Waals surface area contributed by atoms with Gasteiger partial charge in [-0.25, -0.2) is 4.79 Å². The first kappa shape index (κ1) is 16.9. The smallest absolute Gasteiger partial charge is 0.320 e. The Kier molecular flexibility index (Phi) is 4.83. The molecule has 1 aliphatic heterocycles. The summed E-state index contributed by atoms with van der Waals surface area (Å²) in [6.45, 7) is 4.05. The van der Waals surface area contributed by atoms with Gasteiger partial charge in [0.25, 0.3) is 0 Å². The molecule has 1 unspecified atom stereocenters. The number of nitrogens with one attached hydrogen (secondary N) is 1. The number of aliphatic hydroxyl groups excluding tert-OH is 1. The van der Waals surface area contributed by atoms with Gasteiger partial charge in [0.2, 0.25) is 0 Å². The summed E-state index contributed by atoms with van der Waals surface area (Å²) < 4.78 is 0. The number of aliphatic hydroxyl groups is 1. The van der Waals surface area contributed by atoms with E-state index >= 15 is 0 Å². The number of rotatable bonds is 5. The van der Waals surface area contributed by atoms with Crippen LogP contribution in [0.2, 0.25) is 0 Å². The molecule has 0 aromatic heterocycles. The van der Waals surface area contributed by atoms with Crippen molar-refractivity contribution in [1.82, 2.24) is 10.2 Å².